The van der Waals surface area contributed by atoms with E-state index < -0.39 is 12.1 Å². The number of aryl methyl sites for hydroxylation is 1. The molecule has 0 fully saturated rings. The highest BCUT2D eigenvalue weighted by atomic mass is 35.5. The minimum atomic E-state index is -4.96. The zero-order valence-electron chi connectivity index (χ0n) is 13.6. The minimum Gasteiger partial charge on any atom is -0.352 e. The highest BCUT2D eigenvalue weighted by Crippen LogP contribution is 2.19. The molecule has 0 aliphatic carbocycles. The number of carbonyl (C=O) groups is 2. The van der Waals surface area contributed by atoms with Gasteiger partial charge in [0.25, 0.3) is 0 Å². The number of anilines is 1. The number of hydrogen-bond donors (Lipinski definition) is 2. The van der Waals surface area contributed by atoms with Gasteiger partial charge in [0, 0.05) is 23.7 Å². The summed E-state index contributed by atoms with van der Waals surface area (Å²) in [5.74, 6) is -2.26. The van der Waals surface area contributed by atoms with Crippen molar-refractivity contribution in [2.75, 3.05) is 5.32 Å². The molecule has 2 N–H and O–H groups in total. The standard InChI is InChI=1S/C18H16ClF3N2O2/c19-15-7-2-1-5-13(15)8-9-16(25)23-11-12-4-3-6-14(10-12)24-17(26)18(20,21)22/h1-7,10H,8-9,11H2,(H,23,25)(H,24,26). The lowest BCUT2D eigenvalue weighted by atomic mass is 10.1. The maximum atomic E-state index is 12.3. The summed E-state index contributed by atoms with van der Waals surface area (Å²) < 4.78 is 36.8. The van der Waals surface area contributed by atoms with Gasteiger partial charge >= 0.3 is 12.1 Å². The van der Waals surface area contributed by atoms with Crippen molar-refractivity contribution in [1.82, 2.24) is 5.32 Å². The molecule has 26 heavy (non-hydrogen) atoms. The van der Waals surface area contributed by atoms with Crippen LogP contribution in [0.1, 0.15) is 17.5 Å². The fraction of sp³-hybridized carbons (Fsp3) is 0.222. The first-order valence-corrected chi connectivity index (χ1v) is 8.11. The maximum Gasteiger partial charge on any atom is 0.471 e. The largest absolute Gasteiger partial charge is 0.471 e. The number of rotatable bonds is 6. The van der Waals surface area contributed by atoms with Gasteiger partial charge in [0.2, 0.25) is 5.91 Å². The number of nitrogens with one attached hydrogen (secondary N) is 2. The molecule has 0 radical (unpaired) electrons. The van der Waals surface area contributed by atoms with Crippen LogP contribution in [0, 0.1) is 0 Å². The predicted molar refractivity (Wildman–Crippen MR) is 92.7 cm³/mol. The van der Waals surface area contributed by atoms with Gasteiger partial charge in [-0.1, -0.05) is 41.9 Å². The van der Waals surface area contributed by atoms with Crippen molar-refractivity contribution in [3.63, 3.8) is 0 Å². The molecule has 0 heterocycles. The average molecular weight is 385 g/mol. The van der Waals surface area contributed by atoms with Crippen LogP contribution in [-0.2, 0) is 22.6 Å². The average Bonchev–Trinajstić information content (AvgIpc) is 2.59. The van der Waals surface area contributed by atoms with Gasteiger partial charge in [0.1, 0.15) is 0 Å². The monoisotopic (exact) mass is 384 g/mol. The van der Waals surface area contributed by atoms with Crippen LogP contribution in [0.2, 0.25) is 5.02 Å². The van der Waals surface area contributed by atoms with Gasteiger partial charge in [-0.15, -0.1) is 0 Å². The summed E-state index contributed by atoms with van der Waals surface area (Å²) in [4.78, 5) is 22.9. The van der Waals surface area contributed by atoms with Crippen LogP contribution >= 0.6 is 11.6 Å². The van der Waals surface area contributed by atoms with Crippen LogP contribution < -0.4 is 10.6 Å². The third-order valence-corrected chi connectivity index (χ3v) is 3.88. The highest BCUT2D eigenvalue weighted by Gasteiger charge is 2.38. The van der Waals surface area contributed by atoms with Crippen molar-refractivity contribution in [1.29, 1.82) is 0 Å². The molecule has 4 nitrogen and oxygen atoms in total. The Labute approximate surface area is 153 Å². The Hall–Kier alpha value is -2.54. The number of alkyl halides is 3. The molecular formula is C18H16ClF3N2O2. The summed E-state index contributed by atoms with van der Waals surface area (Å²) in [5, 5.41) is 5.05. The number of halogens is 4. The highest BCUT2D eigenvalue weighted by molar-refractivity contribution is 6.31. The van der Waals surface area contributed by atoms with Crippen LogP contribution in [0.15, 0.2) is 48.5 Å². The van der Waals surface area contributed by atoms with E-state index in [1.807, 2.05) is 12.1 Å². The van der Waals surface area contributed by atoms with E-state index in [0.29, 0.717) is 17.0 Å². The molecule has 2 rings (SSSR count). The molecule has 0 saturated heterocycles. The molecule has 0 saturated carbocycles. The number of benzene rings is 2. The van der Waals surface area contributed by atoms with Crippen molar-refractivity contribution in [2.45, 2.75) is 25.6 Å². The Morgan fingerprint density at radius 1 is 1.04 bits per heavy atom. The summed E-state index contributed by atoms with van der Waals surface area (Å²) in [6.07, 6.45) is -4.25. The van der Waals surface area contributed by atoms with Crippen molar-refractivity contribution < 1.29 is 22.8 Å². The van der Waals surface area contributed by atoms with Crippen LogP contribution in [0.4, 0.5) is 18.9 Å². The molecule has 0 atom stereocenters. The van der Waals surface area contributed by atoms with Crippen LogP contribution in [0.5, 0.6) is 0 Å². The van der Waals surface area contributed by atoms with Crippen LogP contribution in [-0.4, -0.2) is 18.0 Å². The number of amides is 2. The second-order valence-corrected chi connectivity index (χ2v) is 5.93. The molecule has 138 valence electrons. The first-order valence-electron chi connectivity index (χ1n) is 7.73. The normalized spacial score (nSPS) is 11.1. The fourth-order valence-corrected chi connectivity index (χ4v) is 2.43. The van der Waals surface area contributed by atoms with Crippen molar-refractivity contribution in [3.05, 3.63) is 64.7 Å². The molecule has 0 spiro atoms. The third-order valence-electron chi connectivity index (χ3n) is 3.51. The number of hydrogen-bond acceptors (Lipinski definition) is 2. The Morgan fingerprint density at radius 2 is 1.77 bits per heavy atom. The van der Waals surface area contributed by atoms with Gasteiger partial charge in [-0.2, -0.15) is 13.2 Å². The first-order chi connectivity index (χ1) is 12.3. The maximum absolute atomic E-state index is 12.3. The van der Waals surface area contributed by atoms with Crippen molar-refractivity contribution in [2.24, 2.45) is 0 Å². The molecule has 0 aliphatic rings. The summed E-state index contributed by atoms with van der Waals surface area (Å²) in [6, 6.07) is 13.1. The lowest BCUT2D eigenvalue weighted by Crippen LogP contribution is -2.30. The van der Waals surface area contributed by atoms with E-state index in [-0.39, 0.29) is 24.6 Å². The zero-order valence-corrected chi connectivity index (χ0v) is 14.3. The number of carbonyl (C=O) groups excluding carboxylic acids is 2. The summed E-state index contributed by atoms with van der Waals surface area (Å²) >= 11 is 6.03. The Kier molecular flexibility index (Phi) is 6.63. The zero-order chi connectivity index (χ0) is 19.2. The first kappa shape index (κ1) is 19.8. The SMILES string of the molecule is O=C(CCc1ccccc1Cl)NCc1cccc(NC(=O)C(F)(F)F)c1. The molecule has 2 aromatic rings. The lowest BCUT2D eigenvalue weighted by molar-refractivity contribution is -0.167. The summed E-state index contributed by atoms with van der Waals surface area (Å²) in [5.41, 5.74) is 1.44. The van der Waals surface area contributed by atoms with Crippen LogP contribution in [0.3, 0.4) is 0 Å². The molecule has 8 heteroatoms. The molecular weight excluding hydrogens is 369 g/mol. The summed E-state index contributed by atoms with van der Waals surface area (Å²) in [7, 11) is 0. The van der Waals surface area contributed by atoms with Gasteiger partial charge in [-0.25, -0.2) is 0 Å². The van der Waals surface area contributed by atoms with E-state index in [4.69, 9.17) is 11.6 Å². The molecule has 0 unspecified atom stereocenters. The molecule has 0 aromatic heterocycles. The van der Waals surface area contributed by atoms with Crippen molar-refractivity contribution in [3.8, 4) is 0 Å². The van der Waals surface area contributed by atoms with E-state index in [2.05, 4.69) is 5.32 Å². The molecule has 2 amide bonds. The van der Waals surface area contributed by atoms with E-state index >= 15 is 0 Å². The van der Waals surface area contributed by atoms with Gasteiger partial charge in [-0.3, -0.25) is 9.59 Å². The summed E-state index contributed by atoms with van der Waals surface area (Å²) in [6.45, 7) is 0.136. The molecule has 0 bridgehead atoms. The lowest BCUT2D eigenvalue weighted by Gasteiger charge is -2.10. The molecule has 2 aromatic carbocycles. The van der Waals surface area contributed by atoms with Crippen LogP contribution in [0.25, 0.3) is 0 Å². The topological polar surface area (TPSA) is 58.2 Å². The fourth-order valence-electron chi connectivity index (χ4n) is 2.20. The minimum absolute atomic E-state index is 0.00939. The third kappa shape index (κ3) is 6.07. The predicted octanol–water partition coefficient (Wildman–Crippen LogP) is 4.09. The van der Waals surface area contributed by atoms with Crippen molar-refractivity contribution >= 4 is 29.1 Å². The van der Waals surface area contributed by atoms with E-state index in [9.17, 15) is 22.8 Å². The van der Waals surface area contributed by atoms with E-state index in [0.717, 1.165) is 5.56 Å². The van der Waals surface area contributed by atoms with Gasteiger partial charge in [0.15, 0.2) is 0 Å². The second-order valence-electron chi connectivity index (χ2n) is 5.52. The Bertz CT molecular complexity index is 794. The quantitative estimate of drug-likeness (QED) is 0.788. The Balaban J connectivity index is 1.85. The van der Waals surface area contributed by atoms with Gasteiger partial charge in [0.05, 0.1) is 0 Å². The van der Waals surface area contributed by atoms with Gasteiger partial charge < -0.3 is 10.6 Å². The van der Waals surface area contributed by atoms with E-state index in [1.54, 1.807) is 23.5 Å². The Morgan fingerprint density at radius 3 is 2.46 bits per heavy atom. The van der Waals surface area contributed by atoms with Gasteiger partial charge in [-0.05, 0) is 35.7 Å². The van der Waals surface area contributed by atoms with E-state index in [1.165, 1.54) is 18.2 Å². The second kappa shape index (κ2) is 8.71. The molecule has 0 aliphatic heterocycles. The smallest absolute Gasteiger partial charge is 0.352 e.